The molecule has 14 heavy (non-hydrogen) atoms. The molecule has 0 aliphatic heterocycles. The Labute approximate surface area is 87.0 Å². The number of allylic oxidation sites excluding steroid dienone is 2. The number of benzene rings is 1. The molecule has 0 amide bonds. The maximum atomic E-state index is 3.71. The van der Waals surface area contributed by atoms with Gasteiger partial charge in [0.1, 0.15) is 0 Å². The fraction of sp³-hybridized carbons (Fsp3) is 0.286. The van der Waals surface area contributed by atoms with Gasteiger partial charge in [0.25, 0.3) is 0 Å². The zero-order valence-electron chi connectivity index (χ0n) is 9.09. The van der Waals surface area contributed by atoms with Gasteiger partial charge < -0.3 is 0 Å². The first-order chi connectivity index (χ1) is 6.75. The minimum absolute atomic E-state index is 1.06. The van der Waals surface area contributed by atoms with Crippen LogP contribution < -0.4 is 0 Å². The third-order valence-electron chi connectivity index (χ3n) is 2.36. The average Bonchev–Trinajstić information content (AvgIpc) is 2.16. The number of unbranched alkanes of at least 4 members (excludes halogenated alkanes) is 1. The second-order valence-corrected chi connectivity index (χ2v) is 3.57. The van der Waals surface area contributed by atoms with Crippen LogP contribution in [0.3, 0.4) is 0 Å². The first-order valence-corrected chi connectivity index (χ1v) is 5.09. The highest BCUT2D eigenvalue weighted by atomic mass is 14.0. The Bertz CT molecular complexity index is 312. The molecule has 0 aliphatic carbocycles. The van der Waals surface area contributed by atoms with Crippen molar-refractivity contribution in [1.29, 1.82) is 0 Å². The largest absolute Gasteiger partial charge is 0.103 e. The molecular weight excluding hydrogens is 168 g/mol. The van der Waals surface area contributed by atoms with Crippen molar-refractivity contribution in [3.63, 3.8) is 0 Å². The van der Waals surface area contributed by atoms with Crippen molar-refractivity contribution in [2.75, 3.05) is 0 Å². The molecule has 0 radical (unpaired) electrons. The van der Waals surface area contributed by atoms with Crippen LogP contribution in [-0.4, -0.2) is 0 Å². The van der Waals surface area contributed by atoms with E-state index in [-0.39, 0.29) is 0 Å². The van der Waals surface area contributed by atoms with E-state index in [1.54, 1.807) is 0 Å². The molecule has 0 atom stereocenters. The SMILES string of the molecule is C=CCC/C=C/c1c(C)cccc1C. The Balaban J connectivity index is 2.75. The summed E-state index contributed by atoms with van der Waals surface area (Å²) in [6, 6.07) is 6.41. The zero-order chi connectivity index (χ0) is 10.4. The molecule has 1 aromatic rings. The van der Waals surface area contributed by atoms with Crippen molar-refractivity contribution in [2.24, 2.45) is 0 Å². The van der Waals surface area contributed by atoms with Crippen molar-refractivity contribution < 1.29 is 0 Å². The second kappa shape index (κ2) is 5.43. The molecule has 0 saturated heterocycles. The van der Waals surface area contributed by atoms with Crippen LogP contribution in [0.5, 0.6) is 0 Å². The third-order valence-corrected chi connectivity index (χ3v) is 2.36. The Morgan fingerprint density at radius 2 is 1.79 bits per heavy atom. The third kappa shape index (κ3) is 2.88. The van der Waals surface area contributed by atoms with Crippen LogP contribution in [0.4, 0.5) is 0 Å². The molecule has 0 unspecified atom stereocenters. The molecule has 0 spiro atoms. The standard InChI is InChI=1S/C14H18/c1-4-5-6-7-11-14-12(2)9-8-10-13(14)3/h4,7-11H,1,5-6H2,2-3H3/b11-7+. The minimum atomic E-state index is 1.06. The van der Waals surface area contributed by atoms with E-state index in [1.807, 2.05) is 6.08 Å². The molecule has 0 saturated carbocycles. The highest BCUT2D eigenvalue weighted by Crippen LogP contribution is 2.15. The van der Waals surface area contributed by atoms with E-state index in [9.17, 15) is 0 Å². The fourth-order valence-corrected chi connectivity index (χ4v) is 1.51. The maximum absolute atomic E-state index is 3.71. The van der Waals surface area contributed by atoms with Gasteiger partial charge in [-0.05, 0) is 43.4 Å². The number of hydrogen-bond acceptors (Lipinski definition) is 0. The first kappa shape index (κ1) is 10.8. The predicted molar refractivity (Wildman–Crippen MR) is 64.4 cm³/mol. The van der Waals surface area contributed by atoms with Gasteiger partial charge in [-0.25, -0.2) is 0 Å². The normalized spacial score (nSPS) is 10.7. The van der Waals surface area contributed by atoms with Gasteiger partial charge in [0, 0.05) is 0 Å². The molecule has 0 aliphatic rings. The van der Waals surface area contributed by atoms with E-state index in [0.717, 1.165) is 12.8 Å². The molecule has 0 aromatic heterocycles. The van der Waals surface area contributed by atoms with E-state index in [0.29, 0.717) is 0 Å². The van der Waals surface area contributed by atoms with E-state index < -0.39 is 0 Å². The van der Waals surface area contributed by atoms with Crippen LogP contribution in [0.15, 0.2) is 36.9 Å². The highest BCUT2D eigenvalue weighted by Gasteiger charge is 1.95. The zero-order valence-corrected chi connectivity index (χ0v) is 9.09. The molecule has 0 heteroatoms. The van der Waals surface area contributed by atoms with Gasteiger partial charge in [-0.1, -0.05) is 36.4 Å². The highest BCUT2D eigenvalue weighted by molar-refractivity contribution is 5.57. The van der Waals surface area contributed by atoms with Gasteiger partial charge in [-0.3, -0.25) is 0 Å². The van der Waals surface area contributed by atoms with Crippen molar-refractivity contribution in [2.45, 2.75) is 26.7 Å². The van der Waals surface area contributed by atoms with Crippen molar-refractivity contribution in [3.8, 4) is 0 Å². The van der Waals surface area contributed by atoms with Gasteiger partial charge in [0.2, 0.25) is 0 Å². The van der Waals surface area contributed by atoms with Crippen LogP contribution in [-0.2, 0) is 0 Å². The topological polar surface area (TPSA) is 0 Å². The van der Waals surface area contributed by atoms with Gasteiger partial charge >= 0.3 is 0 Å². The summed E-state index contributed by atoms with van der Waals surface area (Å²) in [5.41, 5.74) is 4.05. The number of hydrogen-bond donors (Lipinski definition) is 0. The van der Waals surface area contributed by atoms with Crippen molar-refractivity contribution >= 4 is 6.08 Å². The van der Waals surface area contributed by atoms with Crippen LogP contribution >= 0.6 is 0 Å². The molecule has 0 bridgehead atoms. The Morgan fingerprint density at radius 3 is 2.36 bits per heavy atom. The lowest BCUT2D eigenvalue weighted by atomic mass is 10.0. The molecule has 0 N–H and O–H groups in total. The van der Waals surface area contributed by atoms with Crippen LogP contribution in [0, 0.1) is 13.8 Å². The van der Waals surface area contributed by atoms with Crippen LogP contribution in [0.2, 0.25) is 0 Å². The summed E-state index contributed by atoms with van der Waals surface area (Å²) in [5, 5.41) is 0. The number of rotatable bonds is 4. The van der Waals surface area contributed by atoms with Crippen LogP contribution in [0.25, 0.3) is 6.08 Å². The summed E-state index contributed by atoms with van der Waals surface area (Å²) >= 11 is 0. The molecule has 74 valence electrons. The lowest BCUT2D eigenvalue weighted by molar-refractivity contribution is 1.06. The van der Waals surface area contributed by atoms with Crippen LogP contribution in [0.1, 0.15) is 29.5 Å². The number of aryl methyl sites for hydroxylation is 2. The Kier molecular flexibility index (Phi) is 4.18. The Hall–Kier alpha value is -1.30. The van der Waals surface area contributed by atoms with Crippen molar-refractivity contribution in [1.82, 2.24) is 0 Å². The van der Waals surface area contributed by atoms with E-state index in [2.05, 4.69) is 50.8 Å². The Morgan fingerprint density at radius 1 is 1.14 bits per heavy atom. The average molecular weight is 186 g/mol. The first-order valence-electron chi connectivity index (χ1n) is 5.09. The summed E-state index contributed by atoms with van der Waals surface area (Å²) < 4.78 is 0. The van der Waals surface area contributed by atoms with Crippen molar-refractivity contribution in [3.05, 3.63) is 53.6 Å². The fourth-order valence-electron chi connectivity index (χ4n) is 1.51. The quantitative estimate of drug-likeness (QED) is 0.486. The van der Waals surface area contributed by atoms with Gasteiger partial charge in [0.15, 0.2) is 0 Å². The summed E-state index contributed by atoms with van der Waals surface area (Å²) in [6.45, 7) is 8.01. The lowest BCUT2D eigenvalue weighted by Gasteiger charge is -2.03. The molecule has 1 aromatic carbocycles. The summed E-state index contributed by atoms with van der Waals surface area (Å²) in [5.74, 6) is 0. The van der Waals surface area contributed by atoms with Gasteiger partial charge in [0.05, 0.1) is 0 Å². The van der Waals surface area contributed by atoms with E-state index >= 15 is 0 Å². The second-order valence-electron chi connectivity index (χ2n) is 3.57. The smallest absolute Gasteiger partial charge is 0.0201 e. The molecule has 0 heterocycles. The summed E-state index contributed by atoms with van der Waals surface area (Å²) in [7, 11) is 0. The maximum Gasteiger partial charge on any atom is -0.0201 e. The van der Waals surface area contributed by atoms with E-state index in [4.69, 9.17) is 0 Å². The molecular formula is C14H18. The molecule has 0 nitrogen and oxygen atoms in total. The minimum Gasteiger partial charge on any atom is -0.103 e. The predicted octanol–water partition coefficient (Wildman–Crippen LogP) is 4.28. The summed E-state index contributed by atoms with van der Waals surface area (Å²) in [4.78, 5) is 0. The summed E-state index contributed by atoms with van der Waals surface area (Å²) in [6.07, 6.45) is 8.53. The molecule has 1 rings (SSSR count). The van der Waals surface area contributed by atoms with E-state index in [1.165, 1.54) is 16.7 Å². The molecule has 0 fully saturated rings. The lowest BCUT2D eigenvalue weighted by Crippen LogP contribution is -1.84. The van der Waals surface area contributed by atoms with Gasteiger partial charge in [-0.2, -0.15) is 0 Å². The monoisotopic (exact) mass is 186 g/mol. The van der Waals surface area contributed by atoms with Gasteiger partial charge in [-0.15, -0.1) is 6.58 Å².